The van der Waals surface area contributed by atoms with Gasteiger partial charge in [-0.2, -0.15) is 9.57 Å². The van der Waals surface area contributed by atoms with Crippen LogP contribution < -0.4 is 4.90 Å². The van der Waals surface area contributed by atoms with Crippen molar-refractivity contribution >= 4 is 15.8 Å². The first-order chi connectivity index (χ1) is 10.4. The number of nitriles is 1. The standard InChI is InChI=1S/C15H22N4O2S/c1-4-19(22(3,20)21)13-7-9-18(10-8-13)15-6-5-12(2)14(11-16)17-15/h5-6,13H,4,7-10H2,1-3H3. The molecule has 120 valence electrons. The van der Waals surface area contributed by atoms with E-state index in [-0.39, 0.29) is 6.04 Å². The maximum absolute atomic E-state index is 11.8. The van der Waals surface area contributed by atoms with Gasteiger partial charge in [0.25, 0.3) is 0 Å². The molecular weight excluding hydrogens is 300 g/mol. The van der Waals surface area contributed by atoms with Crippen molar-refractivity contribution in [1.29, 1.82) is 5.26 Å². The Kier molecular flexibility index (Phi) is 5.04. The summed E-state index contributed by atoms with van der Waals surface area (Å²) in [7, 11) is -3.16. The molecule has 0 aliphatic carbocycles. The van der Waals surface area contributed by atoms with Crippen LogP contribution in [0.4, 0.5) is 5.82 Å². The smallest absolute Gasteiger partial charge is 0.211 e. The van der Waals surface area contributed by atoms with Gasteiger partial charge in [-0.1, -0.05) is 13.0 Å². The van der Waals surface area contributed by atoms with Gasteiger partial charge in [-0.3, -0.25) is 0 Å². The number of aromatic nitrogens is 1. The van der Waals surface area contributed by atoms with Crippen molar-refractivity contribution in [3.63, 3.8) is 0 Å². The Hall–Kier alpha value is -1.65. The highest BCUT2D eigenvalue weighted by Crippen LogP contribution is 2.23. The van der Waals surface area contributed by atoms with Gasteiger partial charge in [0.1, 0.15) is 17.6 Å². The zero-order chi connectivity index (χ0) is 16.3. The molecule has 7 heteroatoms. The second-order valence-corrected chi connectivity index (χ2v) is 7.57. The fourth-order valence-corrected chi connectivity index (χ4v) is 4.18. The number of sulfonamides is 1. The van der Waals surface area contributed by atoms with E-state index in [4.69, 9.17) is 5.26 Å². The summed E-state index contributed by atoms with van der Waals surface area (Å²) in [5.41, 5.74) is 1.32. The SMILES string of the molecule is CCN(C1CCN(c2ccc(C)c(C#N)n2)CC1)S(C)(=O)=O. The van der Waals surface area contributed by atoms with Crippen molar-refractivity contribution in [2.24, 2.45) is 0 Å². The summed E-state index contributed by atoms with van der Waals surface area (Å²) in [5, 5.41) is 9.07. The number of anilines is 1. The summed E-state index contributed by atoms with van der Waals surface area (Å²) in [4.78, 5) is 6.50. The Morgan fingerprint density at radius 1 is 1.41 bits per heavy atom. The van der Waals surface area contributed by atoms with Crippen LogP contribution in [0.1, 0.15) is 31.0 Å². The van der Waals surface area contributed by atoms with Crippen LogP contribution in [0.15, 0.2) is 12.1 Å². The molecule has 0 spiro atoms. The first-order valence-corrected chi connectivity index (χ1v) is 9.31. The number of hydrogen-bond acceptors (Lipinski definition) is 5. The van der Waals surface area contributed by atoms with Gasteiger partial charge < -0.3 is 4.90 Å². The van der Waals surface area contributed by atoms with Gasteiger partial charge in [-0.25, -0.2) is 13.4 Å². The second-order valence-electron chi connectivity index (χ2n) is 5.63. The first-order valence-electron chi connectivity index (χ1n) is 7.46. The van der Waals surface area contributed by atoms with Crippen LogP contribution in [0.5, 0.6) is 0 Å². The lowest BCUT2D eigenvalue weighted by Gasteiger charge is -2.37. The minimum atomic E-state index is -3.16. The third-order valence-electron chi connectivity index (χ3n) is 4.12. The highest BCUT2D eigenvalue weighted by atomic mass is 32.2. The van der Waals surface area contributed by atoms with E-state index < -0.39 is 10.0 Å². The number of aryl methyl sites for hydroxylation is 1. The zero-order valence-electron chi connectivity index (χ0n) is 13.3. The zero-order valence-corrected chi connectivity index (χ0v) is 14.1. The van der Waals surface area contributed by atoms with Crippen LogP contribution in [-0.4, -0.2) is 49.6 Å². The lowest BCUT2D eigenvalue weighted by atomic mass is 10.0. The van der Waals surface area contributed by atoms with Crippen molar-refractivity contribution in [2.75, 3.05) is 30.8 Å². The molecule has 0 saturated carbocycles. The first kappa shape index (κ1) is 16.7. The van der Waals surface area contributed by atoms with Crippen molar-refractivity contribution in [3.8, 4) is 6.07 Å². The summed E-state index contributed by atoms with van der Waals surface area (Å²) >= 11 is 0. The van der Waals surface area contributed by atoms with E-state index in [0.29, 0.717) is 12.2 Å². The summed E-state index contributed by atoms with van der Waals surface area (Å²) in [6.07, 6.45) is 2.82. The van der Waals surface area contributed by atoms with E-state index in [2.05, 4.69) is 16.0 Å². The average molecular weight is 322 g/mol. The van der Waals surface area contributed by atoms with Crippen LogP contribution in [0.2, 0.25) is 0 Å². The molecule has 0 bridgehead atoms. The molecule has 0 unspecified atom stereocenters. The van der Waals surface area contributed by atoms with Crippen molar-refractivity contribution in [3.05, 3.63) is 23.4 Å². The van der Waals surface area contributed by atoms with Gasteiger partial charge in [0.05, 0.1) is 6.26 Å². The molecule has 0 N–H and O–H groups in total. The molecule has 0 atom stereocenters. The summed E-state index contributed by atoms with van der Waals surface area (Å²) in [6.45, 7) is 5.74. The van der Waals surface area contributed by atoms with Crippen molar-refractivity contribution < 1.29 is 8.42 Å². The van der Waals surface area contributed by atoms with E-state index in [1.54, 1.807) is 4.31 Å². The topological polar surface area (TPSA) is 77.3 Å². The normalized spacial score (nSPS) is 16.8. The number of rotatable bonds is 4. The van der Waals surface area contributed by atoms with Crippen LogP contribution >= 0.6 is 0 Å². The van der Waals surface area contributed by atoms with Gasteiger partial charge in [0, 0.05) is 25.7 Å². The molecule has 2 rings (SSSR count). The molecular formula is C15H22N4O2S. The molecule has 1 saturated heterocycles. The molecule has 22 heavy (non-hydrogen) atoms. The molecule has 2 heterocycles. The molecule has 1 aromatic heterocycles. The van der Waals surface area contributed by atoms with Crippen molar-refractivity contribution in [2.45, 2.75) is 32.7 Å². The largest absolute Gasteiger partial charge is 0.356 e. The Balaban J connectivity index is 2.08. The van der Waals surface area contributed by atoms with Crippen LogP contribution in [0.25, 0.3) is 0 Å². The van der Waals surface area contributed by atoms with Crippen LogP contribution in [0, 0.1) is 18.3 Å². The average Bonchev–Trinajstić information content (AvgIpc) is 2.48. The monoisotopic (exact) mass is 322 g/mol. The third kappa shape index (κ3) is 3.57. The predicted octanol–water partition coefficient (Wildman–Crippen LogP) is 1.51. The van der Waals surface area contributed by atoms with E-state index in [1.165, 1.54) is 6.26 Å². The molecule has 1 aromatic rings. The van der Waals surface area contributed by atoms with Gasteiger partial charge in [0.15, 0.2) is 0 Å². The van der Waals surface area contributed by atoms with Gasteiger partial charge >= 0.3 is 0 Å². The predicted molar refractivity (Wildman–Crippen MR) is 86.1 cm³/mol. The van der Waals surface area contributed by atoms with E-state index in [1.807, 2.05) is 26.0 Å². The van der Waals surface area contributed by atoms with E-state index >= 15 is 0 Å². The van der Waals surface area contributed by atoms with Gasteiger partial charge in [0.2, 0.25) is 10.0 Å². The quantitative estimate of drug-likeness (QED) is 0.840. The second kappa shape index (κ2) is 6.63. The molecule has 0 radical (unpaired) electrons. The molecule has 1 aliphatic rings. The Labute approximate surface area is 132 Å². The molecule has 0 amide bonds. The summed E-state index contributed by atoms with van der Waals surface area (Å²) in [5.74, 6) is 0.794. The van der Waals surface area contributed by atoms with Crippen molar-refractivity contribution in [1.82, 2.24) is 9.29 Å². The minimum absolute atomic E-state index is 0.0529. The Morgan fingerprint density at radius 3 is 2.55 bits per heavy atom. The number of nitrogens with zero attached hydrogens (tertiary/aromatic N) is 4. The number of pyridine rings is 1. The fourth-order valence-electron chi connectivity index (χ4n) is 2.95. The molecule has 6 nitrogen and oxygen atoms in total. The molecule has 0 aromatic carbocycles. The third-order valence-corrected chi connectivity index (χ3v) is 5.53. The Morgan fingerprint density at radius 2 is 2.05 bits per heavy atom. The van der Waals surface area contributed by atoms with Crippen LogP contribution in [0.3, 0.4) is 0 Å². The fraction of sp³-hybridized carbons (Fsp3) is 0.600. The lowest BCUT2D eigenvalue weighted by molar-refractivity contribution is 0.285. The van der Waals surface area contributed by atoms with Gasteiger partial charge in [-0.15, -0.1) is 0 Å². The maximum atomic E-state index is 11.8. The highest BCUT2D eigenvalue weighted by molar-refractivity contribution is 7.88. The summed E-state index contributed by atoms with van der Waals surface area (Å²) < 4.78 is 25.2. The molecule has 1 fully saturated rings. The highest BCUT2D eigenvalue weighted by Gasteiger charge is 2.29. The van der Waals surface area contributed by atoms with Crippen LogP contribution in [-0.2, 0) is 10.0 Å². The van der Waals surface area contributed by atoms with Gasteiger partial charge in [-0.05, 0) is 31.4 Å². The van der Waals surface area contributed by atoms with E-state index in [0.717, 1.165) is 37.3 Å². The maximum Gasteiger partial charge on any atom is 0.211 e. The van der Waals surface area contributed by atoms with E-state index in [9.17, 15) is 8.42 Å². The minimum Gasteiger partial charge on any atom is -0.356 e. The number of piperidine rings is 1. The summed E-state index contributed by atoms with van der Waals surface area (Å²) in [6, 6.07) is 5.98. The Bertz CT molecular complexity index is 673. The number of hydrogen-bond donors (Lipinski definition) is 0. The molecule has 1 aliphatic heterocycles. The lowest BCUT2D eigenvalue weighted by Crippen LogP contribution is -2.47.